The topological polar surface area (TPSA) is 207 Å². The Labute approximate surface area is 403 Å². The number of benzene rings is 4. The molecule has 0 spiro atoms. The molecule has 15 heteroatoms. The molecule has 2 aliphatic carbocycles. The van der Waals surface area contributed by atoms with Gasteiger partial charge in [0.2, 0.25) is 0 Å². The van der Waals surface area contributed by atoms with E-state index in [0.717, 1.165) is 44.6 Å². The van der Waals surface area contributed by atoms with Gasteiger partial charge in [0, 0.05) is 66.0 Å². The minimum Gasteiger partial charge on any atom is -0.478 e. The summed E-state index contributed by atoms with van der Waals surface area (Å²) in [5.41, 5.74) is 2.65. The van der Waals surface area contributed by atoms with E-state index < -0.39 is 29.4 Å². The quantitative estimate of drug-likeness (QED) is 0.0561. The monoisotopic (exact) mass is 946 g/mol. The highest BCUT2D eigenvalue weighted by molar-refractivity contribution is 6.06. The van der Waals surface area contributed by atoms with Crippen LogP contribution in [-0.2, 0) is 0 Å². The Morgan fingerprint density at radius 1 is 0.565 bits per heavy atom. The number of rotatable bonds is 17. The average molecular weight is 947 g/mol. The van der Waals surface area contributed by atoms with Gasteiger partial charge in [0.05, 0.1) is 11.6 Å². The molecule has 0 bridgehead atoms. The Morgan fingerprint density at radius 2 is 1.00 bits per heavy atom. The van der Waals surface area contributed by atoms with Gasteiger partial charge in [-0.05, 0) is 145 Å². The summed E-state index contributed by atoms with van der Waals surface area (Å²) in [6.07, 6.45) is 6.36. The van der Waals surface area contributed by atoms with Crippen molar-refractivity contribution in [3.05, 3.63) is 117 Å². The van der Waals surface area contributed by atoms with Crippen molar-refractivity contribution in [2.24, 2.45) is 10.8 Å². The van der Waals surface area contributed by atoms with Crippen LogP contribution < -0.4 is 26.6 Å². The first-order valence-electron chi connectivity index (χ1n) is 23.4. The molecule has 366 valence electrons. The van der Waals surface area contributed by atoms with Crippen LogP contribution in [0.1, 0.15) is 166 Å². The molecule has 6 rings (SSSR count). The van der Waals surface area contributed by atoms with Gasteiger partial charge in [-0.2, -0.15) is 5.26 Å². The number of aromatic carboxylic acids is 1. The fourth-order valence-electron chi connectivity index (χ4n) is 7.08. The third-order valence-corrected chi connectivity index (χ3v) is 11.5. The molecule has 4 aromatic rings. The molecule has 4 aromatic carbocycles. The van der Waals surface area contributed by atoms with Gasteiger partial charge in [-0.3, -0.25) is 24.0 Å². The van der Waals surface area contributed by atoms with Gasteiger partial charge in [0.15, 0.2) is 0 Å². The highest BCUT2D eigenvalue weighted by Crippen LogP contribution is 2.33. The molecule has 2 fully saturated rings. The molecular weight excluding hydrogens is 883 g/mol. The van der Waals surface area contributed by atoms with Crippen LogP contribution in [0.4, 0.5) is 8.78 Å². The molecule has 0 radical (unpaired) electrons. The number of hydrogen-bond donors (Lipinski definition) is 6. The summed E-state index contributed by atoms with van der Waals surface area (Å²) in [6, 6.07) is 16.9. The fourth-order valence-corrected chi connectivity index (χ4v) is 7.08. The van der Waals surface area contributed by atoms with Gasteiger partial charge in [0.1, 0.15) is 11.6 Å². The van der Waals surface area contributed by atoms with Gasteiger partial charge in [-0.15, -0.1) is 0 Å². The van der Waals surface area contributed by atoms with E-state index in [0.29, 0.717) is 60.3 Å². The number of hydrogen-bond acceptors (Lipinski definition) is 7. The van der Waals surface area contributed by atoms with Crippen molar-refractivity contribution in [3.8, 4) is 28.3 Å². The first-order chi connectivity index (χ1) is 32.5. The number of halogens is 2. The number of unbranched alkanes of at least 4 members (excludes halogenated alkanes) is 3. The molecule has 0 aromatic heterocycles. The predicted octanol–water partition coefficient (Wildman–Crippen LogP) is 9.45. The van der Waals surface area contributed by atoms with Crippen molar-refractivity contribution in [3.63, 3.8) is 0 Å². The van der Waals surface area contributed by atoms with Crippen LogP contribution >= 0.6 is 0 Å². The summed E-state index contributed by atoms with van der Waals surface area (Å²) in [5, 5.41) is 32.7. The van der Waals surface area contributed by atoms with Crippen LogP contribution in [0.15, 0.2) is 60.7 Å². The lowest BCUT2D eigenvalue weighted by Gasteiger charge is -2.19. The van der Waals surface area contributed by atoms with Gasteiger partial charge < -0.3 is 31.7 Å². The first-order valence-corrected chi connectivity index (χ1v) is 23.4. The highest BCUT2D eigenvalue weighted by Gasteiger charge is 2.28. The van der Waals surface area contributed by atoms with Crippen LogP contribution in [0.3, 0.4) is 0 Å². The minimum atomic E-state index is -1.24. The zero-order valence-corrected chi connectivity index (χ0v) is 40.8. The van der Waals surface area contributed by atoms with Crippen molar-refractivity contribution in [1.82, 2.24) is 26.6 Å². The normalized spacial score (nSPS) is 13.2. The van der Waals surface area contributed by atoms with Crippen molar-refractivity contribution >= 4 is 35.5 Å². The molecule has 2 saturated carbocycles. The summed E-state index contributed by atoms with van der Waals surface area (Å²) in [4.78, 5) is 75.7. The first kappa shape index (κ1) is 53.0. The third-order valence-electron chi connectivity index (χ3n) is 11.5. The molecule has 0 saturated heterocycles. The van der Waals surface area contributed by atoms with Crippen LogP contribution in [-0.4, -0.2) is 72.3 Å². The number of nitriles is 1. The SMILES string of the molecule is Cc1c(F)cc(C(=O)NC2CC2)cc1-c1ccc(C(=O)NCC(C)(C)C)cc1C(=O)NCCCCCC#N.Cc1c(F)cc(C(=O)NC2CC2)cc1-c1ccc(C(=O)NCC(C)(C)C)cc1C(=O)O. The maximum atomic E-state index is 15.0. The van der Waals surface area contributed by atoms with E-state index in [2.05, 4.69) is 32.7 Å². The van der Waals surface area contributed by atoms with Crippen LogP contribution in [0, 0.1) is 47.6 Å². The van der Waals surface area contributed by atoms with E-state index in [1.807, 2.05) is 41.5 Å². The largest absolute Gasteiger partial charge is 0.478 e. The van der Waals surface area contributed by atoms with Crippen molar-refractivity contribution < 1.29 is 42.7 Å². The summed E-state index contributed by atoms with van der Waals surface area (Å²) in [7, 11) is 0. The lowest BCUT2D eigenvalue weighted by Crippen LogP contribution is -2.32. The van der Waals surface area contributed by atoms with E-state index in [1.54, 1.807) is 25.1 Å². The summed E-state index contributed by atoms with van der Waals surface area (Å²) < 4.78 is 29.6. The van der Waals surface area contributed by atoms with E-state index in [9.17, 15) is 42.7 Å². The van der Waals surface area contributed by atoms with E-state index >= 15 is 0 Å². The zero-order valence-electron chi connectivity index (χ0n) is 40.8. The van der Waals surface area contributed by atoms with Gasteiger partial charge in [-0.1, -0.05) is 60.1 Å². The second kappa shape index (κ2) is 22.9. The van der Waals surface area contributed by atoms with Crippen molar-refractivity contribution in [2.75, 3.05) is 19.6 Å². The maximum Gasteiger partial charge on any atom is 0.336 e. The summed E-state index contributed by atoms with van der Waals surface area (Å²) in [6.45, 7) is 16.4. The molecule has 5 amide bonds. The molecule has 69 heavy (non-hydrogen) atoms. The number of carboxylic acids is 1. The molecule has 13 nitrogen and oxygen atoms in total. The number of nitrogens with one attached hydrogen (secondary N) is 5. The number of amides is 5. The highest BCUT2D eigenvalue weighted by atomic mass is 19.1. The van der Waals surface area contributed by atoms with E-state index in [1.165, 1.54) is 43.3 Å². The average Bonchev–Trinajstić information content (AvgIpc) is 4.25. The Bertz CT molecular complexity index is 2650. The molecule has 6 N–H and O–H groups in total. The second-order valence-corrected chi connectivity index (χ2v) is 20.3. The van der Waals surface area contributed by atoms with Crippen LogP contribution in [0.25, 0.3) is 22.3 Å². The molecule has 0 atom stereocenters. The van der Waals surface area contributed by atoms with E-state index in [4.69, 9.17) is 5.26 Å². The minimum absolute atomic E-state index is 0.112. The molecular formula is C54H64F2N6O7. The van der Waals surface area contributed by atoms with Gasteiger partial charge >= 0.3 is 5.97 Å². The molecule has 0 heterocycles. The number of carbonyl (C=O) groups is 6. The number of carboxylic acid groups (broad SMARTS) is 1. The van der Waals surface area contributed by atoms with Crippen molar-refractivity contribution in [1.29, 1.82) is 5.26 Å². The Balaban J connectivity index is 0.000000263. The maximum absolute atomic E-state index is 15.0. The molecule has 2 aliphatic rings. The van der Waals surface area contributed by atoms with Crippen LogP contribution in [0.2, 0.25) is 0 Å². The second-order valence-electron chi connectivity index (χ2n) is 20.3. The lowest BCUT2D eigenvalue weighted by atomic mass is 9.91. The smallest absolute Gasteiger partial charge is 0.336 e. The number of carbonyl (C=O) groups excluding carboxylic acids is 5. The Kier molecular flexibility index (Phi) is 17.6. The standard InChI is InChI=1S/C30H37FN4O3.C24H27FN2O4/c1-19-24(16-21(17-26(19)31)28(37)35-22-10-11-22)23-12-9-20(27(36)34-18-30(2,3)4)15-25(23)29(38)33-14-8-6-5-7-13-32;1-13-18(10-15(11-20(13)25)22(29)27-16-6-7-16)17-8-5-14(9-19(17)23(30)31)21(28)26-12-24(2,3)4/h9,12,15-17,22H,5-8,10-11,14,18H2,1-4H3,(H,33,38)(H,34,36)(H,35,37);5,8-11,16H,6-7,12H2,1-4H3,(H,26,28)(H,27,29)(H,30,31). The third kappa shape index (κ3) is 15.5. The van der Waals surface area contributed by atoms with Gasteiger partial charge in [0.25, 0.3) is 29.5 Å². The van der Waals surface area contributed by atoms with Crippen LogP contribution in [0.5, 0.6) is 0 Å². The predicted molar refractivity (Wildman–Crippen MR) is 261 cm³/mol. The zero-order chi connectivity index (χ0) is 50.8. The molecule has 0 aliphatic heterocycles. The summed E-state index contributed by atoms with van der Waals surface area (Å²) in [5.74, 6) is -4.21. The Morgan fingerprint density at radius 3 is 1.41 bits per heavy atom. The number of nitrogens with zero attached hydrogens (tertiary/aromatic N) is 1. The fraction of sp³-hybridized carbons (Fsp3) is 0.426. The van der Waals surface area contributed by atoms with Crippen molar-refractivity contribution in [2.45, 2.75) is 119 Å². The van der Waals surface area contributed by atoms with Gasteiger partial charge in [-0.25, -0.2) is 13.6 Å². The Hall–Kier alpha value is -6.95. The van der Waals surface area contributed by atoms with E-state index in [-0.39, 0.29) is 79.6 Å². The lowest BCUT2D eigenvalue weighted by molar-refractivity contribution is 0.0696. The summed E-state index contributed by atoms with van der Waals surface area (Å²) >= 11 is 0. The molecule has 0 unspecified atom stereocenters.